The third kappa shape index (κ3) is 61.1. The SMILES string of the molecule is CCCCCCCC/C=C\CCCCCCCC(=O)OC(OC(=O)CCCCCCC/C=C\CCCCCCCC)=C(OC(=O)CCCCCCC/C=C\CCCCCCCC)OC(=O)CCCCCCC/C=C\CCCCCCCC. The summed E-state index contributed by atoms with van der Waals surface area (Å²) in [7, 11) is 0. The third-order valence-corrected chi connectivity index (χ3v) is 15.6. The molecule has 0 atom stereocenters. The first-order chi connectivity index (χ1) is 40.4. The maximum atomic E-state index is 13.5. The second-order valence-corrected chi connectivity index (χ2v) is 23.8. The summed E-state index contributed by atoms with van der Waals surface area (Å²) in [5, 5.41) is 0. The molecule has 0 aromatic heterocycles. The number of carbonyl (C=O) groups excluding carboxylic acids is 4. The van der Waals surface area contributed by atoms with E-state index in [0.29, 0.717) is 25.7 Å². The van der Waals surface area contributed by atoms with Crippen LogP contribution in [0.25, 0.3) is 0 Å². The quantitative estimate of drug-likeness (QED) is 0.0257. The molecular weight excluding hydrogens is 1020 g/mol. The zero-order chi connectivity index (χ0) is 59.5. The highest BCUT2D eigenvalue weighted by Gasteiger charge is 2.26. The molecule has 82 heavy (non-hydrogen) atoms. The van der Waals surface area contributed by atoms with Crippen LogP contribution in [0.1, 0.15) is 387 Å². The summed E-state index contributed by atoms with van der Waals surface area (Å²) >= 11 is 0. The minimum absolute atomic E-state index is 0.0897. The second-order valence-electron chi connectivity index (χ2n) is 23.8. The van der Waals surface area contributed by atoms with Crippen molar-refractivity contribution < 1.29 is 38.1 Å². The molecule has 0 saturated heterocycles. The zero-order valence-electron chi connectivity index (χ0n) is 54.5. The van der Waals surface area contributed by atoms with Crippen LogP contribution in [0.3, 0.4) is 0 Å². The molecule has 0 amide bonds. The molecule has 0 aromatic rings. The summed E-state index contributed by atoms with van der Waals surface area (Å²) < 4.78 is 22.8. The van der Waals surface area contributed by atoms with E-state index in [9.17, 15) is 19.2 Å². The minimum Gasteiger partial charge on any atom is -0.387 e. The topological polar surface area (TPSA) is 105 Å². The fourth-order valence-electron chi connectivity index (χ4n) is 10.2. The van der Waals surface area contributed by atoms with E-state index in [-0.39, 0.29) is 25.7 Å². The Hall–Kier alpha value is -3.42. The summed E-state index contributed by atoms with van der Waals surface area (Å²) in [6.07, 6.45) is 78.1. The van der Waals surface area contributed by atoms with Gasteiger partial charge in [-0.05, 0) is 128 Å². The van der Waals surface area contributed by atoms with Crippen LogP contribution < -0.4 is 0 Å². The van der Waals surface area contributed by atoms with Gasteiger partial charge < -0.3 is 18.9 Å². The van der Waals surface area contributed by atoms with Crippen molar-refractivity contribution in [3.8, 4) is 0 Å². The van der Waals surface area contributed by atoms with Crippen molar-refractivity contribution >= 4 is 23.9 Å². The molecule has 0 aliphatic carbocycles. The summed E-state index contributed by atoms with van der Waals surface area (Å²) in [6.45, 7) is 9.03. The highest BCUT2D eigenvalue weighted by molar-refractivity contribution is 5.75. The number of hydrogen-bond acceptors (Lipinski definition) is 8. The van der Waals surface area contributed by atoms with E-state index in [1.54, 1.807) is 0 Å². The van der Waals surface area contributed by atoms with Crippen molar-refractivity contribution in [1.82, 2.24) is 0 Å². The van der Waals surface area contributed by atoms with Crippen LogP contribution in [0.4, 0.5) is 0 Å². The molecule has 0 bridgehead atoms. The lowest BCUT2D eigenvalue weighted by molar-refractivity contribution is -0.167. The maximum absolute atomic E-state index is 13.5. The molecule has 0 rings (SSSR count). The van der Waals surface area contributed by atoms with E-state index >= 15 is 0 Å². The first-order valence-electron chi connectivity index (χ1n) is 35.5. The Kier molecular flexibility index (Phi) is 63.9. The van der Waals surface area contributed by atoms with Gasteiger partial charge >= 0.3 is 35.8 Å². The fraction of sp³-hybridized carbons (Fsp3) is 0.811. The van der Waals surface area contributed by atoms with Gasteiger partial charge in [0.1, 0.15) is 0 Å². The van der Waals surface area contributed by atoms with Gasteiger partial charge in [0.25, 0.3) is 0 Å². The van der Waals surface area contributed by atoms with Crippen molar-refractivity contribution in [3.05, 3.63) is 60.5 Å². The van der Waals surface area contributed by atoms with Crippen molar-refractivity contribution in [2.24, 2.45) is 0 Å². The number of allylic oxidation sites excluding steroid dienone is 8. The molecule has 0 saturated carbocycles. The highest BCUT2D eigenvalue weighted by Crippen LogP contribution is 2.21. The molecule has 0 N–H and O–H groups in total. The van der Waals surface area contributed by atoms with Crippen LogP contribution in [-0.4, -0.2) is 23.9 Å². The number of esters is 4. The van der Waals surface area contributed by atoms with E-state index in [1.807, 2.05) is 0 Å². The van der Waals surface area contributed by atoms with Crippen LogP contribution in [0.15, 0.2) is 60.5 Å². The molecule has 0 radical (unpaired) electrons. The molecule has 0 heterocycles. The summed E-state index contributed by atoms with van der Waals surface area (Å²) in [4.78, 5) is 53.8. The molecule has 476 valence electrons. The first-order valence-corrected chi connectivity index (χ1v) is 35.5. The highest BCUT2D eigenvalue weighted by atomic mass is 16.8. The van der Waals surface area contributed by atoms with Crippen LogP contribution in [0.2, 0.25) is 0 Å². The average Bonchev–Trinajstić information content (AvgIpc) is 3.47. The molecule has 0 aromatic carbocycles. The van der Waals surface area contributed by atoms with Crippen molar-refractivity contribution in [3.63, 3.8) is 0 Å². The minimum atomic E-state index is -0.647. The standard InChI is InChI=1S/C74H132O8/c1-5-9-13-17-21-25-29-33-37-41-45-49-53-57-61-65-69(75)79-73(80-70(76)66-62-58-54-50-46-42-38-34-30-26-22-18-14-10-6-2)74(81-71(77)67-63-59-55-51-47-43-39-35-31-27-23-19-15-11-7-3)82-72(78)68-64-60-56-52-48-44-40-36-32-28-24-20-16-12-8-4/h33-40H,5-32,41-68H2,1-4H3/b37-33-,38-34-,39-35-,40-36-. The predicted molar refractivity (Wildman–Crippen MR) is 349 cm³/mol. The fourth-order valence-corrected chi connectivity index (χ4v) is 10.2. The van der Waals surface area contributed by atoms with Gasteiger partial charge in [0.05, 0.1) is 0 Å². The molecule has 8 heteroatoms. The number of carbonyl (C=O) groups is 4. The Morgan fingerprint density at radius 2 is 0.329 bits per heavy atom. The normalized spacial score (nSPS) is 11.7. The molecule has 8 nitrogen and oxygen atoms in total. The Labute approximate surface area is 507 Å². The largest absolute Gasteiger partial charge is 0.387 e. The monoisotopic (exact) mass is 1150 g/mol. The molecular formula is C74H132O8. The van der Waals surface area contributed by atoms with Gasteiger partial charge in [-0.25, -0.2) is 0 Å². The summed E-state index contributed by atoms with van der Waals surface area (Å²) in [5.74, 6) is -3.79. The molecule has 0 aliphatic rings. The lowest BCUT2D eigenvalue weighted by Gasteiger charge is -2.15. The van der Waals surface area contributed by atoms with E-state index in [2.05, 4.69) is 76.3 Å². The number of unbranched alkanes of at least 4 members (excludes halogenated alkanes) is 44. The van der Waals surface area contributed by atoms with Gasteiger partial charge in [-0.15, -0.1) is 0 Å². The number of rotatable bonds is 64. The van der Waals surface area contributed by atoms with Crippen molar-refractivity contribution in [2.75, 3.05) is 0 Å². The van der Waals surface area contributed by atoms with Gasteiger partial charge in [-0.2, -0.15) is 0 Å². The van der Waals surface area contributed by atoms with Gasteiger partial charge in [-0.3, -0.25) is 19.2 Å². The number of hydrogen-bond donors (Lipinski definition) is 0. The maximum Gasteiger partial charge on any atom is 0.381 e. The zero-order valence-corrected chi connectivity index (χ0v) is 54.5. The lowest BCUT2D eigenvalue weighted by atomic mass is 10.1. The van der Waals surface area contributed by atoms with Crippen LogP contribution >= 0.6 is 0 Å². The average molecular weight is 1150 g/mol. The van der Waals surface area contributed by atoms with E-state index in [4.69, 9.17) is 18.9 Å². The van der Waals surface area contributed by atoms with Crippen LogP contribution in [0.5, 0.6) is 0 Å². The molecule has 0 spiro atoms. The van der Waals surface area contributed by atoms with Gasteiger partial charge in [0.2, 0.25) is 0 Å². The first kappa shape index (κ1) is 78.6. The van der Waals surface area contributed by atoms with E-state index < -0.39 is 35.8 Å². The van der Waals surface area contributed by atoms with Gasteiger partial charge in [0.15, 0.2) is 0 Å². The smallest absolute Gasteiger partial charge is 0.381 e. The Balaban J connectivity index is 5.60. The predicted octanol–water partition coefficient (Wildman–Crippen LogP) is 24.4. The lowest BCUT2D eigenvalue weighted by Crippen LogP contribution is -2.19. The summed E-state index contributed by atoms with van der Waals surface area (Å²) in [6, 6.07) is 0. The third-order valence-electron chi connectivity index (χ3n) is 15.6. The molecule has 0 fully saturated rings. The van der Waals surface area contributed by atoms with Gasteiger partial charge in [0, 0.05) is 25.7 Å². The van der Waals surface area contributed by atoms with E-state index in [0.717, 1.165) is 154 Å². The Bertz CT molecular complexity index is 1350. The van der Waals surface area contributed by atoms with E-state index in [1.165, 1.54) is 154 Å². The van der Waals surface area contributed by atoms with Crippen LogP contribution in [0, 0.1) is 0 Å². The summed E-state index contributed by atoms with van der Waals surface area (Å²) in [5.41, 5.74) is 0. The molecule has 0 aliphatic heterocycles. The van der Waals surface area contributed by atoms with Crippen molar-refractivity contribution in [2.45, 2.75) is 387 Å². The second kappa shape index (κ2) is 66.7. The van der Waals surface area contributed by atoms with Crippen LogP contribution in [-0.2, 0) is 38.1 Å². The Morgan fingerprint density at radius 1 is 0.195 bits per heavy atom. The van der Waals surface area contributed by atoms with Crippen molar-refractivity contribution in [1.29, 1.82) is 0 Å². The number of ether oxygens (including phenoxy) is 4. The molecule has 0 unspecified atom stereocenters. The Morgan fingerprint density at radius 3 is 0.488 bits per heavy atom. The van der Waals surface area contributed by atoms with Gasteiger partial charge in [-0.1, -0.05) is 282 Å².